The van der Waals surface area contributed by atoms with Crippen LogP contribution in [0.1, 0.15) is 0 Å². The maximum absolute atomic E-state index is 13.8. The molecule has 108 valence electrons. The number of fused-ring (bicyclic) bond motifs is 1. The van der Waals surface area contributed by atoms with Crippen LogP contribution in [0.15, 0.2) is 39.2 Å². The average molecular weight is 352 g/mol. The molecule has 0 bridgehead atoms. The Hall–Kier alpha value is -2.08. The first-order valence-electron chi connectivity index (χ1n) is 6.11. The molecular weight excluding hydrogens is 341 g/mol. The zero-order valence-electron chi connectivity index (χ0n) is 11.3. The van der Waals surface area contributed by atoms with Gasteiger partial charge in [-0.15, -0.1) is 0 Å². The summed E-state index contributed by atoms with van der Waals surface area (Å²) in [6.45, 7) is 0. The minimum atomic E-state index is -0.464. The second-order valence-corrected chi connectivity index (χ2v) is 5.09. The molecule has 0 unspecified atom stereocenters. The van der Waals surface area contributed by atoms with E-state index in [1.165, 1.54) is 19.2 Å². The zero-order chi connectivity index (χ0) is 15.0. The fourth-order valence-electron chi connectivity index (χ4n) is 2.02. The van der Waals surface area contributed by atoms with Crippen LogP contribution >= 0.6 is 15.9 Å². The third-order valence-electron chi connectivity index (χ3n) is 3.08. The number of hydrogen-bond donors (Lipinski definition) is 0. The van der Waals surface area contributed by atoms with Crippen LogP contribution in [0.2, 0.25) is 0 Å². The van der Waals surface area contributed by atoms with E-state index in [1.54, 1.807) is 25.3 Å². The van der Waals surface area contributed by atoms with Crippen molar-refractivity contribution in [1.82, 2.24) is 4.98 Å². The maximum Gasteiger partial charge on any atom is 0.227 e. The van der Waals surface area contributed by atoms with Gasteiger partial charge in [0.25, 0.3) is 0 Å². The maximum atomic E-state index is 13.8. The van der Waals surface area contributed by atoms with Gasteiger partial charge in [-0.25, -0.2) is 9.37 Å². The number of halogens is 2. The van der Waals surface area contributed by atoms with Crippen LogP contribution in [0, 0.1) is 5.82 Å². The van der Waals surface area contributed by atoms with Gasteiger partial charge >= 0.3 is 0 Å². The molecule has 0 aliphatic carbocycles. The quantitative estimate of drug-likeness (QED) is 0.700. The normalized spacial score (nSPS) is 10.9. The summed E-state index contributed by atoms with van der Waals surface area (Å²) in [6.07, 6.45) is 0. The molecule has 1 aromatic heterocycles. The molecule has 4 nitrogen and oxygen atoms in total. The summed E-state index contributed by atoms with van der Waals surface area (Å²) in [5.74, 6) is 0.704. The minimum absolute atomic E-state index is 0.178. The number of nitrogens with zero attached hydrogens (tertiary/aromatic N) is 1. The Morgan fingerprint density at radius 3 is 2.48 bits per heavy atom. The summed E-state index contributed by atoms with van der Waals surface area (Å²) in [4.78, 5) is 4.39. The van der Waals surface area contributed by atoms with Crippen molar-refractivity contribution >= 4 is 27.0 Å². The molecule has 0 amide bonds. The lowest BCUT2D eigenvalue weighted by atomic mass is 10.2. The average Bonchev–Trinajstić information content (AvgIpc) is 2.92. The Labute approximate surface area is 128 Å². The van der Waals surface area contributed by atoms with E-state index in [9.17, 15) is 4.39 Å². The highest BCUT2D eigenvalue weighted by Gasteiger charge is 2.15. The summed E-state index contributed by atoms with van der Waals surface area (Å²) in [7, 11) is 2.99. The van der Waals surface area contributed by atoms with Crippen LogP contribution in [0.4, 0.5) is 4.39 Å². The summed E-state index contributed by atoms with van der Waals surface area (Å²) >= 11 is 3.42. The lowest BCUT2D eigenvalue weighted by Crippen LogP contribution is -1.88. The van der Waals surface area contributed by atoms with E-state index in [1.807, 2.05) is 0 Å². The highest BCUT2D eigenvalue weighted by atomic mass is 79.9. The number of benzene rings is 2. The van der Waals surface area contributed by atoms with Crippen molar-refractivity contribution in [2.75, 3.05) is 14.2 Å². The molecular formula is C15H11BrFNO3. The zero-order valence-corrected chi connectivity index (χ0v) is 12.9. The van der Waals surface area contributed by atoms with Crippen molar-refractivity contribution in [3.63, 3.8) is 0 Å². The molecule has 0 saturated carbocycles. The first-order valence-corrected chi connectivity index (χ1v) is 6.90. The van der Waals surface area contributed by atoms with Crippen LogP contribution < -0.4 is 9.47 Å². The molecule has 3 aromatic rings. The van der Waals surface area contributed by atoms with Gasteiger partial charge in [0.15, 0.2) is 17.1 Å². The SMILES string of the molecule is COc1ccc(-c2nc3c(Br)c(OC)ccc3o2)cc1F. The van der Waals surface area contributed by atoms with E-state index >= 15 is 0 Å². The van der Waals surface area contributed by atoms with Gasteiger partial charge in [0.05, 0.1) is 18.7 Å². The number of methoxy groups -OCH3 is 2. The Morgan fingerprint density at radius 2 is 1.81 bits per heavy atom. The Morgan fingerprint density at radius 1 is 1.10 bits per heavy atom. The van der Waals surface area contributed by atoms with Crippen molar-refractivity contribution in [3.05, 3.63) is 40.6 Å². The third kappa shape index (κ3) is 2.35. The molecule has 1 heterocycles. The lowest BCUT2D eigenvalue weighted by molar-refractivity contribution is 0.386. The van der Waals surface area contributed by atoms with E-state index in [0.717, 1.165) is 0 Å². The van der Waals surface area contributed by atoms with Crippen LogP contribution in [-0.4, -0.2) is 19.2 Å². The molecule has 21 heavy (non-hydrogen) atoms. The number of ether oxygens (including phenoxy) is 2. The van der Waals surface area contributed by atoms with Gasteiger partial charge in [0, 0.05) is 5.56 Å². The number of rotatable bonds is 3. The molecule has 2 aromatic carbocycles. The summed E-state index contributed by atoms with van der Waals surface area (Å²) in [6, 6.07) is 8.09. The molecule has 0 aliphatic heterocycles. The smallest absolute Gasteiger partial charge is 0.227 e. The van der Waals surface area contributed by atoms with E-state index in [0.29, 0.717) is 32.8 Å². The van der Waals surface area contributed by atoms with E-state index < -0.39 is 5.82 Å². The topological polar surface area (TPSA) is 44.5 Å². The van der Waals surface area contributed by atoms with Crippen molar-refractivity contribution in [3.8, 4) is 23.0 Å². The lowest BCUT2D eigenvalue weighted by Gasteiger charge is -2.02. The Bertz CT molecular complexity index is 816. The fraction of sp³-hybridized carbons (Fsp3) is 0.133. The summed E-state index contributed by atoms with van der Waals surface area (Å²) in [5, 5.41) is 0. The van der Waals surface area contributed by atoms with Gasteiger partial charge in [-0.1, -0.05) is 0 Å². The minimum Gasteiger partial charge on any atom is -0.495 e. The van der Waals surface area contributed by atoms with Crippen LogP contribution in [0.5, 0.6) is 11.5 Å². The second kappa shape index (κ2) is 5.37. The number of hydrogen-bond acceptors (Lipinski definition) is 4. The monoisotopic (exact) mass is 351 g/mol. The number of oxazole rings is 1. The van der Waals surface area contributed by atoms with Crippen molar-refractivity contribution < 1.29 is 18.3 Å². The van der Waals surface area contributed by atoms with Crippen molar-refractivity contribution in [2.45, 2.75) is 0 Å². The fourth-order valence-corrected chi connectivity index (χ4v) is 2.60. The van der Waals surface area contributed by atoms with Gasteiger partial charge in [-0.3, -0.25) is 0 Å². The van der Waals surface area contributed by atoms with Crippen molar-refractivity contribution in [1.29, 1.82) is 0 Å². The van der Waals surface area contributed by atoms with Gasteiger partial charge < -0.3 is 13.9 Å². The first-order chi connectivity index (χ1) is 10.1. The highest BCUT2D eigenvalue weighted by Crippen LogP contribution is 2.35. The van der Waals surface area contributed by atoms with Crippen LogP contribution in [0.3, 0.4) is 0 Å². The Kier molecular flexibility index (Phi) is 3.55. The van der Waals surface area contributed by atoms with Gasteiger partial charge in [0.1, 0.15) is 11.3 Å². The van der Waals surface area contributed by atoms with Gasteiger partial charge in [-0.2, -0.15) is 0 Å². The predicted octanol–water partition coefficient (Wildman–Crippen LogP) is 4.41. The Balaban J connectivity index is 2.13. The van der Waals surface area contributed by atoms with E-state index in [-0.39, 0.29) is 5.75 Å². The molecule has 3 rings (SSSR count). The molecule has 0 saturated heterocycles. The molecule has 0 fully saturated rings. The summed E-state index contributed by atoms with van der Waals surface area (Å²) in [5.41, 5.74) is 1.75. The van der Waals surface area contributed by atoms with Crippen LogP contribution in [0.25, 0.3) is 22.6 Å². The molecule has 0 atom stereocenters. The largest absolute Gasteiger partial charge is 0.495 e. The number of aromatic nitrogens is 1. The molecule has 6 heteroatoms. The molecule has 0 spiro atoms. The third-order valence-corrected chi connectivity index (χ3v) is 3.85. The van der Waals surface area contributed by atoms with E-state index in [2.05, 4.69) is 20.9 Å². The summed E-state index contributed by atoms with van der Waals surface area (Å²) < 4.78 is 30.2. The van der Waals surface area contributed by atoms with Crippen molar-refractivity contribution in [2.24, 2.45) is 0 Å². The van der Waals surface area contributed by atoms with Gasteiger partial charge in [-0.05, 0) is 46.3 Å². The highest BCUT2D eigenvalue weighted by molar-refractivity contribution is 9.10. The van der Waals surface area contributed by atoms with Gasteiger partial charge in [0.2, 0.25) is 5.89 Å². The standard InChI is InChI=1S/C15H11BrFNO3/c1-19-10-4-3-8(7-9(10)17)15-18-14-12(21-15)6-5-11(20-2)13(14)16/h3-7H,1-2H3. The van der Waals surface area contributed by atoms with Crippen LogP contribution in [-0.2, 0) is 0 Å². The predicted molar refractivity (Wildman–Crippen MR) is 80.2 cm³/mol. The first kappa shape index (κ1) is 13.9. The molecule has 0 radical (unpaired) electrons. The van der Waals surface area contributed by atoms with E-state index in [4.69, 9.17) is 13.9 Å². The molecule has 0 aliphatic rings. The molecule has 0 N–H and O–H groups in total. The second-order valence-electron chi connectivity index (χ2n) is 4.30.